The van der Waals surface area contributed by atoms with Gasteiger partial charge in [-0.15, -0.1) is 0 Å². The van der Waals surface area contributed by atoms with Crippen LogP contribution in [0.5, 0.6) is 5.75 Å². The first-order valence-corrected chi connectivity index (χ1v) is 8.76. The summed E-state index contributed by atoms with van der Waals surface area (Å²) in [5.74, 6) is 0.461. The molecule has 0 bridgehead atoms. The molecule has 1 atom stereocenters. The fraction of sp³-hybridized carbons (Fsp3) is 0.0952. The van der Waals surface area contributed by atoms with Gasteiger partial charge < -0.3 is 20.5 Å². The van der Waals surface area contributed by atoms with Crippen LogP contribution >= 0.6 is 0 Å². The van der Waals surface area contributed by atoms with Crippen LogP contribution in [0, 0.1) is 0 Å². The molecule has 28 heavy (non-hydrogen) atoms. The lowest BCUT2D eigenvalue weighted by Gasteiger charge is -2.12. The standard InChI is InChI=1S/C21H18N4O3/c26-15-7-4-13(5-8-15)19(27)12-23-21(28)14-6-9-16-18(11-14)25-20(24-16)17-3-1-2-10-22-17/h1-11,19,26-27H,12H2,(H,23,28)(H,24,25). The molecule has 1 amide bonds. The molecule has 7 heteroatoms. The zero-order valence-corrected chi connectivity index (χ0v) is 14.8. The molecule has 2 aromatic carbocycles. The lowest BCUT2D eigenvalue weighted by atomic mass is 10.1. The molecule has 0 radical (unpaired) electrons. The van der Waals surface area contributed by atoms with E-state index < -0.39 is 6.10 Å². The van der Waals surface area contributed by atoms with E-state index in [2.05, 4.69) is 20.3 Å². The van der Waals surface area contributed by atoms with E-state index in [0.717, 1.165) is 16.7 Å². The maximum atomic E-state index is 12.4. The highest BCUT2D eigenvalue weighted by molar-refractivity contribution is 5.97. The summed E-state index contributed by atoms with van der Waals surface area (Å²) < 4.78 is 0. The van der Waals surface area contributed by atoms with E-state index in [9.17, 15) is 15.0 Å². The molecule has 4 N–H and O–H groups in total. The number of aromatic amines is 1. The minimum absolute atomic E-state index is 0.0593. The third-order valence-corrected chi connectivity index (χ3v) is 4.39. The normalized spacial score (nSPS) is 12.0. The Morgan fingerprint density at radius 2 is 1.93 bits per heavy atom. The number of rotatable bonds is 5. The molecule has 0 saturated carbocycles. The van der Waals surface area contributed by atoms with Gasteiger partial charge in [-0.25, -0.2) is 4.98 Å². The van der Waals surface area contributed by atoms with Gasteiger partial charge in [0, 0.05) is 18.3 Å². The number of H-pyrrole nitrogens is 1. The first-order valence-electron chi connectivity index (χ1n) is 8.76. The summed E-state index contributed by atoms with van der Waals surface area (Å²) in [6, 6.07) is 17.0. The summed E-state index contributed by atoms with van der Waals surface area (Å²) in [6.45, 7) is 0.0593. The highest BCUT2D eigenvalue weighted by atomic mass is 16.3. The second kappa shape index (κ2) is 7.50. The van der Waals surface area contributed by atoms with Crippen LogP contribution in [0.15, 0.2) is 66.9 Å². The number of imidazole rings is 1. The number of hydrogen-bond acceptors (Lipinski definition) is 5. The molecule has 0 aliphatic rings. The Labute approximate surface area is 160 Å². The summed E-state index contributed by atoms with van der Waals surface area (Å²) in [4.78, 5) is 24.4. The van der Waals surface area contributed by atoms with Gasteiger partial charge in [-0.3, -0.25) is 9.78 Å². The highest BCUT2D eigenvalue weighted by Gasteiger charge is 2.13. The molecule has 4 rings (SSSR count). The topological polar surface area (TPSA) is 111 Å². The van der Waals surface area contributed by atoms with Crippen LogP contribution in [0.25, 0.3) is 22.6 Å². The number of phenols is 1. The van der Waals surface area contributed by atoms with Crippen LogP contribution in [0.3, 0.4) is 0 Å². The molecule has 0 aliphatic heterocycles. The average Bonchev–Trinajstić information content (AvgIpc) is 3.16. The molecule has 0 fully saturated rings. The lowest BCUT2D eigenvalue weighted by Crippen LogP contribution is -2.28. The smallest absolute Gasteiger partial charge is 0.251 e. The van der Waals surface area contributed by atoms with Crippen molar-refractivity contribution in [2.24, 2.45) is 0 Å². The molecule has 2 heterocycles. The van der Waals surface area contributed by atoms with Crippen molar-refractivity contribution in [3.63, 3.8) is 0 Å². The van der Waals surface area contributed by atoms with E-state index in [4.69, 9.17) is 0 Å². The molecule has 1 unspecified atom stereocenters. The molecular weight excluding hydrogens is 356 g/mol. The number of aromatic hydroxyl groups is 1. The van der Waals surface area contributed by atoms with Crippen LogP contribution in [0.1, 0.15) is 22.0 Å². The number of amides is 1. The highest BCUT2D eigenvalue weighted by Crippen LogP contribution is 2.20. The predicted octanol–water partition coefficient (Wildman–Crippen LogP) is 2.79. The average molecular weight is 374 g/mol. The van der Waals surface area contributed by atoms with Crippen molar-refractivity contribution in [3.8, 4) is 17.3 Å². The Balaban J connectivity index is 1.47. The molecule has 4 aromatic rings. The number of carbonyl (C=O) groups is 1. The number of carbonyl (C=O) groups excluding carboxylic acids is 1. The van der Waals surface area contributed by atoms with E-state index in [1.807, 2.05) is 18.2 Å². The Morgan fingerprint density at radius 3 is 2.68 bits per heavy atom. The van der Waals surface area contributed by atoms with Gasteiger partial charge in [-0.05, 0) is 48.0 Å². The van der Waals surface area contributed by atoms with Crippen molar-refractivity contribution in [2.75, 3.05) is 6.54 Å². The van der Waals surface area contributed by atoms with Gasteiger partial charge in [-0.1, -0.05) is 18.2 Å². The van der Waals surface area contributed by atoms with Crippen molar-refractivity contribution in [1.82, 2.24) is 20.3 Å². The number of pyridine rings is 1. The third-order valence-electron chi connectivity index (χ3n) is 4.39. The van der Waals surface area contributed by atoms with Crippen LogP contribution < -0.4 is 5.32 Å². The largest absolute Gasteiger partial charge is 0.508 e. The van der Waals surface area contributed by atoms with Gasteiger partial charge in [0.05, 0.1) is 17.1 Å². The maximum Gasteiger partial charge on any atom is 0.251 e. The van der Waals surface area contributed by atoms with E-state index in [-0.39, 0.29) is 18.2 Å². The molecule has 2 aromatic heterocycles. The number of aliphatic hydroxyl groups excluding tert-OH is 1. The fourth-order valence-electron chi connectivity index (χ4n) is 2.88. The van der Waals surface area contributed by atoms with Crippen LogP contribution in [0.4, 0.5) is 0 Å². The Kier molecular flexibility index (Phi) is 4.74. The van der Waals surface area contributed by atoms with Crippen molar-refractivity contribution >= 4 is 16.9 Å². The number of nitrogens with one attached hydrogen (secondary N) is 2. The Morgan fingerprint density at radius 1 is 1.11 bits per heavy atom. The molecule has 0 aliphatic carbocycles. The summed E-state index contributed by atoms with van der Waals surface area (Å²) in [6.07, 6.45) is 0.831. The summed E-state index contributed by atoms with van der Waals surface area (Å²) in [5, 5.41) is 22.2. The number of nitrogens with zero attached hydrogens (tertiary/aromatic N) is 2. The SMILES string of the molecule is O=C(NCC(O)c1ccc(O)cc1)c1ccc2nc(-c3ccccn3)[nH]c2c1. The van der Waals surface area contributed by atoms with Gasteiger partial charge in [-0.2, -0.15) is 0 Å². The number of benzene rings is 2. The first-order chi connectivity index (χ1) is 13.6. The summed E-state index contributed by atoms with van der Waals surface area (Å²) in [5.41, 5.74) is 3.26. The quantitative estimate of drug-likeness (QED) is 0.429. The molecule has 140 valence electrons. The zero-order chi connectivity index (χ0) is 19.5. The second-order valence-electron chi connectivity index (χ2n) is 6.35. The van der Waals surface area contributed by atoms with Crippen LogP contribution in [-0.4, -0.2) is 37.6 Å². The minimum atomic E-state index is -0.865. The molecule has 0 spiro atoms. The number of aromatic nitrogens is 3. The van der Waals surface area contributed by atoms with Crippen molar-refractivity contribution < 1.29 is 15.0 Å². The predicted molar refractivity (Wildman–Crippen MR) is 105 cm³/mol. The molecule has 0 saturated heterocycles. The number of phenolic OH excluding ortho intramolecular Hbond substituents is 1. The van der Waals surface area contributed by atoms with Gasteiger partial charge in [0.15, 0.2) is 5.82 Å². The van der Waals surface area contributed by atoms with Gasteiger partial charge in [0.1, 0.15) is 11.4 Å². The van der Waals surface area contributed by atoms with Crippen molar-refractivity contribution in [3.05, 3.63) is 78.0 Å². The first kappa shape index (κ1) is 17.7. The number of fused-ring (bicyclic) bond motifs is 1. The van der Waals surface area contributed by atoms with E-state index in [0.29, 0.717) is 17.0 Å². The van der Waals surface area contributed by atoms with Gasteiger partial charge in [0.25, 0.3) is 5.91 Å². The summed E-state index contributed by atoms with van der Waals surface area (Å²) in [7, 11) is 0. The molecular formula is C21H18N4O3. The van der Waals surface area contributed by atoms with Gasteiger partial charge >= 0.3 is 0 Å². The summed E-state index contributed by atoms with van der Waals surface area (Å²) >= 11 is 0. The Hall–Kier alpha value is -3.71. The lowest BCUT2D eigenvalue weighted by molar-refractivity contribution is 0.0916. The minimum Gasteiger partial charge on any atom is -0.508 e. The maximum absolute atomic E-state index is 12.4. The van der Waals surface area contributed by atoms with Gasteiger partial charge in [0.2, 0.25) is 0 Å². The van der Waals surface area contributed by atoms with Crippen LogP contribution in [0.2, 0.25) is 0 Å². The number of aliphatic hydroxyl groups is 1. The number of hydrogen-bond donors (Lipinski definition) is 4. The second-order valence-corrected chi connectivity index (χ2v) is 6.35. The fourth-order valence-corrected chi connectivity index (χ4v) is 2.88. The van der Waals surface area contributed by atoms with E-state index in [1.54, 1.807) is 36.5 Å². The van der Waals surface area contributed by atoms with Crippen LogP contribution in [-0.2, 0) is 0 Å². The monoisotopic (exact) mass is 374 g/mol. The third kappa shape index (κ3) is 3.70. The zero-order valence-electron chi connectivity index (χ0n) is 14.8. The molecule has 7 nitrogen and oxygen atoms in total. The van der Waals surface area contributed by atoms with E-state index >= 15 is 0 Å². The van der Waals surface area contributed by atoms with E-state index in [1.165, 1.54) is 12.1 Å². The Bertz CT molecular complexity index is 1110. The van der Waals surface area contributed by atoms with Crippen molar-refractivity contribution in [2.45, 2.75) is 6.10 Å². The van der Waals surface area contributed by atoms with Crippen molar-refractivity contribution in [1.29, 1.82) is 0 Å².